The van der Waals surface area contributed by atoms with E-state index in [9.17, 15) is 18.0 Å². The van der Waals surface area contributed by atoms with E-state index in [0.29, 0.717) is 42.2 Å². The van der Waals surface area contributed by atoms with E-state index in [-0.39, 0.29) is 16.3 Å². The first-order valence-corrected chi connectivity index (χ1v) is 13.1. The van der Waals surface area contributed by atoms with E-state index >= 15 is 0 Å². The Morgan fingerprint density at radius 2 is 1.79 bits per heavy atom. The van der Waals surface area contributed by atoms with Crippen LogP contribution in [0, 0.1) is 13.8 Å². The third kappa shape index (κ3) is 4.93. The first kappa shape index (κ1) is 24.2. The number of unbranched alkanes of at least 4 members (excludes halogenated alkanes) is 1. The number of esters is 1. The van der Waals surface area contributed by atoms with Crippen LogP contribution >= 0.6 is 0 Å². The number of sulfonamides is 1. The lowest BCUT2D eigenvalue weighted by Crippen LogP contribution is -2.43. The Morgan fingerprint density at radius 3 is 2.50 bits per heavy atom. The van der Waals surface area contributed by atoms with Crippen molar-refractivity contribution in [2.75, 3.05) is 0 Å². The average Bonchev–Trinajstić information content (AvgIpc) is 3.27. The maximum Gasteiger partial charge on any atom is 0.339 e. The maximum atomic E-state index is 13.3. The van der Waals surface area contributed by atoms with Gasteiger partial charge in [-0.05, 0) is 74.9 Å². The van der Waals surface area contributed by atoms with Crippen LogP contribution in [-0.4, -0.2) is 20.4 Å². The molecule has 180 valence electrons. The third-order valence-corrected chi connectivity index (χ3v) is 7.64. The van der Waals surface area contributed by atoms with Crippen LogP contribution in [-0.2, 0) is 27.7 Å². The van der Waals surface area contributed by atoms with Gasteiger partial charge in [-0.2, -0.15) is 4.72 Å². The fourth-order valence-corrected chi connectivity index (χ4v) is 5.59. The third-order valence-electron chi connectivity index (χ3n) is 6.15. The van der Waals surface area contributed by atoms with Gasteiger partial charge in [0, 0.05) is 5.56 Å². The van der Waals surface area contributed by atoms with Gasteiger partial charge in [-0.25, -0.2) is 18.0 Å². The zero-order valence-corrected chi connectivity index (χ0v) is 20.5. The highest BCUT2D eigenvalue weighted by molar-refractivity contribution is 7.89. The molecule has 1 N–H and O–H groups in total. The molecule has 0 aliphatic heterocycles. The van der Waals surface area contributed by atoms with E-state index in [4.69, 9.17) is 9.15 Å². The van der Waals surface area contributed by atoms with Crippen molar-refractivity contribution in [3.8, 4) is 5.75 Å². The van der Waals surface area contributed by atoms with Crippen LogP contribution in [0.1, 0.15) is 54.9 Å². The van der Waals surface area contributed by atoms with Gasteiger partial charge in [0.25, 0.3) is 0 Å². The van der Waals surface area contributed by atoms with Crippen molar-refractivity contribution in [1.82, 2.24) is 4.72 Å². The Morgan fingerprint density at radius 1 is 1.09 bits per heavy atom. The number of nitrogens with one attached hydrogen (secondary N) is 1. The van der Waals surface area contributed by atoms with Crippen molar-refractivity contribution >= 4 is 27.0 Å². The summed E-state index contributed by atoms with van der Waals surface area (Å²) < 4.78 is 39.8. The fraction of sp³-hybridized carbons (Fsp3) is 0.385. The van der Waals surface area contributed by atoms with Crippen LogP contribution in [0.3, 0.4) is 0 Å². The molecule has 4 rings (SSSR count). The minimum atomic E-state index is -3.92. The largest absolute Gasteiger partial charge is 0.425 e. The number of benzene rings is 2. The summed E-state index contributed by atoms with van der Waals surface area (Å²) in [5, 5.41) is 0.613. The number of ether oxygens (including phenoxy) is 1. The minimum absolute atomic E-state index is 0.0907. The van der Waals surface area contributed by atoms with E-state index in [1.807, 2.05) is 20.8 Å². The van der Waals surface area contributed by atoms with Crippen LogP contribution in [0.15, 0.2) is 50.5 Å². The van der Waals surface area contributed by atoms with Gasteiger partial charge < -0.3 is 9.15 Å². The van der Waals surface area contributed by atoms with Crippen molar-refractivity contribution < 1.29 is 22.4 Å². The topological polar surface area (TPSA) is 103 Å². The number of rotatable bonds is 8. The summed E-state index contributed by atoms with van der Waals surface area (Å²) in [4.78, 5) is 25.7. The smallest absolute Gasteiger partial charge is 0.339 e. The first-order chi connectivity index (χ1) is 16.2. The summed E-state index contributed by atoms with van der Waals surface area (Å²) in [5.74, 6) is -0.396. The number of carbonyl (C=O) groups excluding carboxylic acids is 1. The molecule has 0 saturated heterocycles. The summed E-state index contributed by atoms with van der Waals surface area (Å²) in [5.41, 5.74) is 3.19. The molecule has 0 fully saturated rings. The van der Waals surface area contributed by atoms with Gasteiger partial charge in [-0.15, -0.1) is 0 Å². The normalized spacial score (nSPS) is 14.2. The van der Waals surface area contributed by atoms with Crippen molar-refractivity contribution in [3.63, 3.8) is 0 Å². The second-order valence-corrected chi connectivity index (χ2v) is 10.6. The van der Waals surface area contributed by atoms with Gasteiger partial charge in [-0.1, -0.05) is 37.5 Å². The zero-order chi connectivity index (χ0) is 24.5. The van der Waals surface area contributed by atoms with E-state index in [1.54, 1.807) is 24.3 Å². The van der Waals surface area contributed by atoms with E-state index in [2.05, 4.69) is 4.72 Å². The molecule has 34 heavy (non-hydrogen) atoms. The Kier molecular flexibility index (Phi) is 6.91. The molecule has 0 amide bonds. The lowest BCUT2D eigenvalue weighted by Gasteiger charge is -2.19. The first-order valence-electron chi connectivity index (χ1n) is 11.6. The Labute approximate surface area is 199 Å². The highest BCUT2D eigenvalue weighted by Crippen LogP contribution is 2.35. The molecule has 1 aromatic heterocycles. The molecule has 0 spiro atoms. The predicted octanol–water partition coefficient (Wildman–Crippen LogP) is 4.34. The molecule has 8 heteroatoms. The second-order valence-electron chi connectivity index (χ2n) is 8.89. The summed E-state index contributed by atoms with van der Waals surface area (Å²) in [7, 11) is -3.92. The summed E-state index contributed by atoms with van der Waals surface area (Å²) in [6, 6.07) is 8.87. The molecular formula is C26H29NO6S. The van der Waals surface area contributed by atoms with Crippen LogP contribution in [0.4, 0.5) is 0 Å². The average molecular weight is 484 g/mol. The molecule has 2 aromatic carbocycles. The van der Waals surface area contributed by atoms with Gasteiger partial charge in [0.05, 0.1) is 10.3 Å². The zero-order valence-electron chi connectivity index (χ0n) is 19.6. The van der Waals surface area contributed by atoms with Crippen LogP contribution < -0.4 is 15.1 Å². The van der Waals surface area contributed by atoms with Gasteiger partial charge in [0.1, 0.15) is 17.4 Å². The molecule has 3 aromatic rings. The summed E-state index contributed by atoms with van der Waals surface area (Å²) >= 11 is 0. The minimum Gasteiger partial charge on any atom is -0.425 e. The Balaban J connectivity index is 1.68. The van der Waals surface area contributed by atoms with Gasteiger partial charge in [0.2, 0.25) is 10.0 Å². The highest BCUT2D eigenvalue weighted by Gasteiger charge is 2.29. The quantitative estimate of drug-likeness (QED) is 0.290. The molecule has 1 atom stereocenters. The van der Waals surface area contributed by atoms with Crippen molar-refractivity contribution in [2.24, 2.45) is 0 Å². The second kappa shape index (κ2) is 9.72. The molecular weight excluding hydrogens is 454 g/mol. The van der Waals surface area contributed by atoms with Crippen LogP contribution in [0.25, 0.3) is 11.0 Å². The molecule has 1 heterocycles. The maximum absolute atomic E-state index is 13.3. The molecule has 0 radical (unpaired) electrons. The number of hydrogen-bond acceptors (Lipinski definition) is 6. The van der Waals surface area contributed by atoms with Crippen molar-refractivity contribution in [2.45, 2.75) is 70.2 Å². The lowest BCUT2D eigenvalue weighted by atomic mass is 10.0. The predicted molar refractivity (Wildman–Crippen MR) is 130 cm³/mol. The van der Waals surface area contributed by atoms with Crippen LogP contribution in [0.5, 0.6) is 5.75 Å². The highest BCUT2D eigenvalue weighted by atomic mass is 32.2. The molecule has 0 bridgehead atoms. The summed E-state index contributed by atoms with van der Waals surface area (Å²) in [6.07, 6.45) is 3.90. The molecule has 7 nitrogen and oxygen atoms in total. The van der Waals surface area contributed by atoms with Gasteiger partial charge >= 0.3 is 11.6 Å². The summed E-state index contributed by atoms with van der Waals surface area (Å²) in [6.45, 7) is 5.66. The molecule has 0 unspecified atom stereocenters. The van der Waals surface area contributed by atoms with Gasteiger partial charge in [-0.3, -0.25) is 0 Å². The molecule has 1 aliphatic rings. The number of fused-ring (bicyclic) bond motifs is 3. The van der Waals surface area contributed by atoms with E-state index in [0.717, 1.165) is 29.5 Å². The SMILES string of the molecule is CCCC[C@@H](NS(=O)(=O)c1ccc(C)cc1)C(=O)Oc1cc(C)cc2oc(=O)c3c(c12)CCC3. The monoisotopic (exact) mass is 483 g/mol. The Hall–Kier alpha value is -2.97. The van der Waals surface area contributed by atoms with Gasteiger partial charge in [0.15, 0.2) is 0 Å². The molecule has 1 aliphatic carbocycles. The fourth-order valence-electron chi connectivity index (χ4n) is 4.37. The number of carbonyl (C=O) groups is 1. The van der Waals surface area contributed by atoms with Crippen molar-refractivity contribution in [1.29, 1.82) is 0 Å². The van der Waals surface area contributed by atoms with Crippen LogP contribution in [0.2, 0.25) is 0 Å². The van der Waals surface area contributed by atoms with Crippen molar-refractivity contribution in [3.05, 3.63) is 69.1 Å². The molecule has 0 saturated carbocycles. The van der Waals surface area contributed by atoms with E-state index < -0.39 is 22.0 Å². The Bertz CT molecular complexity index is 1390. The number of hydrogen-bond donors (Lipinski definition) is 1. The lowest BCUT2D eigenvalue weighted by molar-refractivity contribution is -0.136. The van der Waals surface area contributed by atoms with E-state index in [1.165, 1.54) is 12.1 Å². The number of aryl methyl sites for hydroxylation is 3. The standard InChI is InChI=1S/C26H29NO6S/c1-4-5-9-21(27-34(30,31)18-12-10-16(2)11-13-18)26(29)33-23-15-17(3)14-22-24(23)19-7-6-8-20(19)25(28)32-22/h10-15,21,27H,4-9H2,1-3H3/t21-/m1/s1.